The van der Waals surface area contributed by atoms with E-state index in [1.54, 1.807) is 42.7 Å². The van der Waals surface area contributed by atoms with Gasteiger partial charge in [0.15, 0.2) is 0 Å². The average Bonchev–Trinajstić information content (AvgIpc) is 3.62. The molecule has 0 bridgehead atoms. The third-order valence-electron chi connectivity index (χ3n) is 8.43. The van der Waals surface area contributed by atoms with Gasteiger partial charge in [0.1, 0.15) is 5.58 Å². The first-order chi connectivity index (χ1) is 29.3. The number of rotatable bonds is 5. The van der Waals surface area contributed by atoms with Crippen LogP contribution in [0.1, 0.15) is 77.8 Å². The third-order valence-corrected chi connectivity index (χ3v) is 8.43. The van der Waals surface area contributed by atoms with Crippen molar-refractivity contribution in [2.24, 2.45) is 10.8 Å². The summed E-state index contributed by atoms with van der Waals surface area (Å²) in [6, 6.07) is 37.5. The van der Waals surface area contributed by atoms with E-state index >= 15 is 0 Å². The molecule has 275 valence electrons. The fraction of sp³-hybridized carbons (Fsp3) is 0.245. The molecular weight excluding hydrogens is 839 g/mol. The Morgan fingerprint density at radius 1 is 0.630 bits per heavy atom. The summed E-state index contributed by atoms with van der Waals surface area (Å²) >= 11 is 0. The Labute approximate surface area is 347 Å². The number of aryl methyl sites for hydroxylation is 2. The van der Waals surface area contributed by atoms with Crippen LogP contribution in [-0.4, -0.2) is 15.0 Å². The summed E-state index contributed by atoms with van der Waals surface area (Å²) in [5.74, 6) is 0. The van der Waals surface area contributed by atoms with E-state index in [2.05, 4.69) is 27.1 Å². The second kappa shape index (κ2) is 15.8. The summed E-state index contributed by atoms with van der Waals surface area (Å²) in [7, 11) is 0. The van der Waals surface area contributed by atoms with Crippen LogP contribution in [0.5, 0.6) is 0 Å². The molecule has 5 heteroatoms. The van der Waals surface area contributed by atoms with Crippen LogP contribution >= 0.6 is 0 Å². The number of furan rings is 1. The van der Waals surface area contributed by atoms with Gasteiger partial charge >= 0.3 is 0 Å². The zero-order chi connectivity index (χ0) is 45.9. The normalized spacial score (nSPS) is 15.4. The summed E-state index contributed by atoms with van der Waals surface area (Å²) in [5, 5.41) is 2.00. The summed E-state index contributed by atoms with van der Waals surface area (Å²) in [4.78, 5) is 12.9. The van der Waals surface area contributed by atoms with Crippen molar-refractivity contribution in [1.29, 1.82) is 0 Å². The number of hydrogen-bond donors (Lipinski definition) is 0. The van der Waals surface area contributed by atoms with Crippen LogP contribution in [0.4, 0.5) is 0 Å². The van der Waals surface area contributed by atoms with Gasteiger partial charge in [0.2, 0.25) is 0 Å². The van der Waals surface area contributed by atoms with Gasteiger partial charge in [0.05, 0.1) is 5.58 Å². The van der Waals surface area contributed by atoms with Crippen molar-refractivity contribution in [2.45, 2.75) is 68.0 Å². The minimum absolute atomic E-state index is 0. The van der Waals surface area contributed by atoms with E-state index in [0.717, 1.165) is 22.4 Å². The van der Waals surface area contributed by atoms with E-state index in [9.17, 15) is 0 Å². The van der Waals surface area contributed by atoms with Crippen molar-refractivity contribution < 1.29 is 38.2 Å². The Balaban J connectivity index is 0.000000227. The Bertz CT molecular complexity index is 2950. The molecule has 0 N–H and O–H groups in total. The molecule has 4 nitrogen and oxygen atoms in total. The minimum Gasteiger partial charge on any atom is -0.500 e. The van der Waals surface area contributed by atoms with Crippen LogP contribution in [0.25, 0.3) is 66.4 Å². The Morgan fingerprint density at radius 2 is 1.35 bits per heavy atom. The van der Waals surface area contributed by atoms with Gasteiger partial charge in [-0.25, -0.2) is 0 Å². The molecule has 0 saturated heterocycles. The fourth-order valence-electron chi connectivity index (χ4n) is 6.28. The summed E-state index contributed by atoms with van der Waals surface area (Å²) < 4.78 is 87.8. The monoisotopic (exact) mass is 896 g/mol. The summed E-state index contributed by atoms with van der Waals surface area (Å²) in [6.07, 6.45) is 0.338. The topological polar surface area (TPSA) is 51.8 Å². The van der Waals surface area contributed by atoms with E-state index in [0.29, 0.717) is 49.7 Å². The van der Waals surface area contributed by atoms with Gasteiger partial charge in [-0.1, -0.05) is 107 Å². The van der Waals surface area contributed by atoms with Crippen molar-refractivity contribution in [3.8, 4) is 33.6 Å². The van der Waals surface area contributed by atoms with E-state index in [4.69, 9.17) is 18.1 Å². The van der Waals surface area contributed by atoms with Crippen LogP contribution in [0.3, 0.4) is 0 Å². The van der Waals surface area contributed by atoms with Gasteiger partial charge in [0.25, 0.3) is 0 Å². The van der Waals surface area contributed by atoms with E-state index < -0.39 is 37.3 Å². The zero-order valence-electron chi connectivity index (χ0n) is 41.1. The minimum atomic E-state index is -2.63. The number of fused-ring (bicyclic) bond motifs is 5. The third kappa shape index (κ3) is 8.87. The SMILES string of the molecule is [2H]C([2H])([2H])c1cc2c(ccc3c4cc[c-]c(-c5cc(C([2H])([2H])C(C)(C)C)ccn5)c4oc23)c(C([2H])([2H])[2H])n1.[2H]C([2H])(c1ccc(-c2ccnc(-c3[c-]cccc3)c2)cc1)C(C)(C)C.[Ir]. The Hall–Kier alpha value is -4.96. The maximum Gasteiger partial charge on any atom is 0.128 e. The molecule has 4 aromatic heterocycles. The number of benzene rings is 4. The van der Waals surface area contributed by atoms with Crippen molar-refractivity contribution in [1.82, 2.24) is 15.0 Å². The molecule has 0 saturated carbocycles. The predicted octanol–water partition coefficient (Wildman–Crippen LogP) is 13.0. The van der Waals surface area contributed by atoms with Crippen molar-refractivity contribution in [3.63, 3.8) is 0 Å². The quantitative estimate of drug-likeness (QED) is 0.162. The maximum atomic E-state index is 8.67. The van der Waals surface area contributed by atoms with Crippen LogP contribution in [0.15, 0.2) is 120 Å². The summed E-state index contributed by atoms with van der Waals surface area (Å²) in [6.45, 7) is 6.03. The van der Waals surface area contributed by atoms with Crippen molar-refractivity contribution in [2.75, 3.05) is 0 Å². The molecule has 0 amide bonds. The maximum absolute atomic E-state index is 8.67. The molecule has 8 aromatic rings. The molecule has 0 atom stereocenters. The molecule has 0 aliphatic rings. The Morgan fingerprint density at radius 3 is 2.07 bits per heavy atom. The molecule has 0 aliphatic carbocycles. The van der Waals surface area contributed by atoms with E-state index in [-0.39, 0.29) is 36.9 Å². The second-order valence-corrected chi connectivity index (χ2v) is 15.1. The molecule has 8 rings (SSSR count). The van der Waals surface area contributed by atoms with Crippen molar-refractivity contribution in [3.05, 3.63) is 150 Å². The van der Waals surface area contributed by atoms with Crippen LogP contribution in [0.2, 0.25) is 0 Å². The number of hydrogen-bond acceptors (Lipinski definition) is 4. The molecule has 0 unspecified atom stereocenters. The largest absolute Gasteiger partial charge is 0.500 e. The number of nitrogens with zero attached hydrogens (tertiary/aromatic N) is 3. The number of pyridine rings is 3. The van der Waals surface area contributed by atoms with Gasteiger partial charge in [0, 0.05) is 73.8 Å². The van der Waals surface area contributed by atoms with Crippen LogP contribution < -0.4 is 0 Å². The summed E-state index contributed by atoms with van der Waals surface area (Å²) in [5.41, 5.74) is 5.13. The van der Waals surface area contributed by atoms with E-state index in [1.165, 1.54) is 6.07 Å². The fourth-order valence-corrected chi connectivity index (χ4v) is 6.28. The van der Waals surface area contributed by atoms with Gasteiger partial charge in [-0.3, -0.25) is 4.98 Å². The first-order valence-corrected chi connectivity index (χ1v) is 17.5. The molecule has 4 aromatic carbocycles. The predicted molar refractivity (Wildman–Crippen MR) is 221 cm³/mol. The average molecular weight is 896 g/mol. The standard InChI is InChI=1S/C27H25N2O.C22H22N.Ir/c1-16-13-23-19(17(2)29-16)9-10-21-20-7-6-8-22(25(20)30-26(21)23)24-14-18(11-12-28-24)15-27(3,4)5;1-22(2,3)16-17-9-11-18(12-10-17)20-13-14-23-21(15-20)19-7-5-4-6-8-19;/h6-7,9-14H,15H2,1-5H3;4-7,9-15H,16H2,1-3H3;/q2*-1;/i1D3,2D3,15D2;16D2;. The smallest absolute Gasteiger partial charge is 0.128 e. The van der Waals surface area contributed by atoms with E-state index in [1.807, 2.05) is 108 Å². The molecule has 54 heavy (non-hydrogen) atoms. The van der Waals surface area contributed by atoms with Crippen LogP contribution in [0, 0.1) is 36.7 Å². The molecule has 0 aliphatic heterocycles. The van der Waals surface area contributed by atoms with Gasteiger partial charge in [-0.2, -0.15) is 0 Å². The van der Waals surface area contributed by atoms with Gasteiger partial charge in [-0.15, -0.1) is 54.1 Å². The second-order valence-electron chi connectivity index (χ2n) is 15.1. The van der Waals surface area contributed by atoms with Crippen molar-refractivity contribution >= 4 is 32.7 Å². The van der Waals surface area contributed by atoms with Gasteiger partial charge < -0.3 is 14.4 Å². The molecule has 0 fully saturated rings. The first kappa shape index (κ1) is 27.6. The zero-order valence-corrected chi connectivity index (χ0v) is 33.4. The number of aromatic nitrogens is 3. The van der Waals surface area contributed by atoms with Crippen LogP contribution in [-0.2, 0) is 32.9 Å². The molecular formula is C49H47IrN3O-2. The van der Waals surface area contributed by atoms with Gasteiger partial charge in [-0.05, 0) is 83.6 Å². The molecule has 1 radical (unpaired) electrons. The molecule has 4 heterocycles. The first-order valence-electron chi connectivity index (χ1n) is 22.5. The molecule has 0 spiro atoms. The Kier molecular flexibility index (Phi) is 8.07.